The van der Waals surface area contributed by atoms with Crippen molar-refractivity contribution in [1.29, 1.82) is 0 Å². The molecule has 0 aliphatic carbocycles. The zero-order valence-electron chi connectivity index (χ0n) is 7.58. The molecule has 0 radical (unpaired) electrons. The third-order valence-corrected chi connectivity index (χ3v) is 1.66. The third kappa shape index (κ3) is 7.45. The number of halogens is 2. The molecule has 2 heteroatoms. The topological polar surface area (TPSA) is 0 Å². The Hall–Kier alpha value is -0.660. The number of rotatable bonds is 6. The Labute approximate surface area is 73.0 Å². The molecule has 12 heavy (non-hydrogen) atoms. The summed E-state index contributed by atoms with van der Waals surface area (Å²) in [5.41, 5.74) is 0.533. The van der Waals surface area contributed by atoms with Crippen molar-refractivity contribution < 1.29 is 8.78 Å². The number of hydrogen-bond acceptors (Lipinski definition) is 0. The minimum absolute atomic E-state index is 0.533. The van der Waals surface area contributed by atoms with Crippen LogP contribution in [0.15, 0.2) is 24.3 Å². The van der Waals surface area contributed by atoms with Gasteiger partial charge in [-0.15, -0.1) is 0 Å². The predicted octanol–water partition coefficient (Wildman–Crippen LogP) is 4.29. The van der Waals surface area contributed by atoms with E-state index in [9.17, 15) is 8.78 Å². The van der Waals surface area contributed by atoms with E-state index in [1.54, 1.807) is 0 Å². The quantitative estimate of drug-likeness (QED) is 0.416. The molecule has 0 nitrogen and oxygen atoms in total. The Morgan fingerprint density at radius 1 is 1.25 bits per heavy atom. The zero-order valence-corrected chi connectivity index (χ0v) is 7.58. The highest BCUT2D eigenvalue weighted by Crippen LogP contribution is 2.12. The van der Waals surface area contributed by atoms with Crippen molar-refractivity contribution >= 4 is 0 Å². The average molecular weight is 174 g/mol. The SMILES string of the molecule is C=C(C=C(F)F)CCCCCC. The second-order valence-electron chi connectivity index (χ2n) is 2.90. The lowest BCUT2D eigenvalue weighted by Crippen LogP contribution is -1.79. The van der Waals surface area contributed by atoms with Crippen LogP contribution in [-0.2, 0) is 0 Å². The molecule has 0 aliphatic rings. The van der Waals surface area contributed by atoms with Crippen LogP contribution in [0.25, 0.3) is 0 Å². The first-order valence-electron chi connectivity index (χ1n) is 4.37. The smallest absolute Gasteiger partial charge is 0.173 e. The third-order valence-electron chi connectivity index (χ3n) is 1.66. The summed E-state index contributed by atoms with van der Waals surface area (Å²) in [6.45, 7) is 5.66. The first kappa shape index (κ1) is 11.3. The van der Waals surface area contributed by atoms with Crippen LogP contribution in [0.5, 0.6) is 0 Å². The minimum atomic E-state index is -1.64. The summed E-state index contributed by atoms with van der Waals surface area (Å²) in [6.07, 6.45) is 4.32. The normalized spacial score (nSPS) is 9.58. The Bertz CT molecular complexity index is 155. The highest BCUT2D eigenvalue weighted by Gasteiger charge is 1.94. The highest BCUT2D eigenvalue weighted by molar-refractivity contribution is 5.14. The van der Waals surface area contributed by atoms with Crippen molar-refractivity contribution in [3.05, 3.63) is 24.3 Å². The maximum atomic E-state index is 11.7. The van der Waals surface area contributed by atoms with Crippen LogP contribution in [0.3, 0.4) is 0 Å². The van der Waals surface area contributed by atoms with E-state index in [0.29, 0.717) is 12.0 Å². The van der Waals surface area contributed by atoms with Crippen LogP contribution in [0.4, 0.5) is 8.78 Å². The summed E-state index contributed by atoms with van der Waals surface area (Å²) in [6, 6.07) is 0. The molecule has 0 aromatic carbocycles. The van der Waals surface area contributed by atoms with Crippen molar-refractivity contribution in [2.45, 2.75) is 39.0 Å². The van der Waals surface area contributed by atoms with Gasteiger partial charge in [0, 0.05) is 6.08 Å². The summed E-state index contributed by atoms with van der Waals surface area (Å²) in [5, 5.41) is 0. The maximum absolute atomic E-state index is 11.7. The van der Waals surface area contributed by atoms with Gasteiger partial charge in [-0.1, -0.05) is 32.8 Å². The van der Waals surface area contributed by atoms with Gasteiger partial charge in [0.15, 0.2) is 0 Å². The molecule has 0 saturated heterocycles. The lowest BCUT2D eigenvalue weighted by molar-refractivity contribution is 0.420. The fourth-order valence-corrected chi connectivity index (χ4v) is 1.01. The van der Waals surface area contributed by atoms with E-state index in [4.69, 9.17) is 0 Å². The molecule has 0 heterocycles. The summed E-state index contributed by atoms with van der Waals surface area (Å²) in [7, 11) is 0. The number of allylic oxidation sites excluding steroid dienone is 2. The van der Waals surface area contributed by atoms with Gasteiger partial charge < -0.3 is 0 Å². The van der Waals surface area contributed by atoms with E-state index in [0.717, 1.165) is 18.9 Å². The van der Waals surface area contributed by atoms with Gasteiger partial charge in [0.05, 0.1) is 0 Å². The predicted molar refractivity (Wildman–Crippen MR) is 48.2 cm³/mol. The Balaban J connectivity index is 3.39. The molecule has 70 valence electrons. The van der Waals surface area contributed by atoms with Gasteiger partial charge in [0.25, 0.3) is 6.08 Å². The van der Waals surface area contributed by atoms with Crippen molar-refractivity contribution in [2.24, 2.45) is 0 Å². The molecule has 0 amide bonds. The average Bonchev–Trinajstić information content (AvgIpc) is 1.97. The first-order valence-corrected chi connectivity index (χ1v) is 4.37. The number of hydrogen-bond donors (Lipinski definition) is 0. The van der Waals surface area contributed by atoms with Gasteiger partial charge in [-0.2, -0.15) is 8.78 Å². The molecule has 0 aromatic heterocycles. The molecule has 0 bridgehead atoms. The molecular formula is C10H16F2. The molecule has 0 aliphatic heterocycles. The summed E-state index contributed by atoms with van der Waals surface area (Å²) >= 11 is 0. The fourth-order valence-electron chi connectivity index (χ4n) is 1.01. The molecule has 0 aromatic rings. The van der Waals surface area contributed by atoms with E-state index in [2.05, 4.69) is 13.5 Å². The van der Waals surface area contributed by atoms with Crippen molar-refractivity contribution in [2.75, 3.05) is 0 Å². The highest BCUT2D eigenvalue weighted by atomic mass is 19.3. The zero-order chi connectivity index (χ0) is 9.40. The van der Waals surface area contributed by atoms with Crippen LogP contribution < -0.4 is 0 Å². The molecule has 0 atom stereocenters. The van der Waals surface area contributed by atoms with Gasteiger partial charge in [-0.25, -0.2) is 0 Å². The summed E-state index contributed by atoms with van der Waals surface area (Å²) < 4.78 is 23.3. The standard InChI is InChI=1S/C10H16F2/c1-3-4-5-6-7-9(2)8-10(11)12/h8H,2-7H2,1H3. The second kappa shape index (κ2) is 7.01. The van der Waals surface area contributed by atoms with Gasteiger partial charge in [0.2, 0.25) is 0 Å². The maximum Gasteiger partial charge on any atom is 0.270 e. The molecule has 0 unspecified atom stereocenters. The lowest BCUT2D eigenvalue weighted by Gasteiger charge is -1.98. The fraction of sp³-hybridized carbons (Fsp3) is 0.600. The van der Waals surface area contributed by atoms with Crippen LogP contribution in [-0.4, -0.2) is 0 Å². The number of unbranched alkanes of at least 4 members (excludes halogenated alkanes) is 3. The van der Waals surface area contributed by atoms with E-state index in [-0.39, 0.29) is 0 Å². The second-order valence-corrected chi connectivity index (χ2v) is 2.90. The Morgan fingerprint density at radius 3 is 2.42 bits per heavy atom. The Kier molecular flexibility index (Phi) is 6.63. The summed E-state index contributed by atoms with van der Waals surface area (Å²) in [4.78, 5) is 0. The van der Waals surface area contributed by atoms with Gasteiger partial charge >= 0.3 is 0 Å². The van der Waals surface area contributed by atoms with Gasteiger partial charge in [-0.05, 0) is 18.4 Å². The molecule has 0 fully saturated rings. The molecule has 0 spiro atoms. The van der Waals surface area contributed by atoms with E-state index in [1.165, 1.54) is 12.8 Å². The molecule has 0 saturated carbocycles. The molecule has 0 N–H and O–H groups in total. The largest absolute Gasteiger partial charge is 0.270 e. The van der Waals surface area contributed by atoms with Crippen LogP contribution in [0, 0.1) is 0 Å². The van der Waals surface area contributed by atoms with E-state index in [1.807, 2.05) is 0 Å². The van der Waals surface area contributed by atoms with Crippen LogP contribution in [0.1, 0.15) is 39.0 Å². The van der Waals surface area contributed by atoms with Crippen LogP contribution >= 0.6 is 0 Å². The minimum Gasteiger partial charge on any atom is -0.173 e. The van der Waals surface area contributed by atoms with Crippen molar-refractivity contribution in [3.8, 4) is 0 Å². The van der Waals surface area contributed by atoms with Crippen molar-refractivity contribution in [1.82, 2.24) is 0 Å². The van der Waals surface area contributed by atoms with Gasteiger partial charge in [-0.3, -0.25) is 0 Å². The van der Waals surface area contributed by atoms with E-state index < -0.39 is 6.08 Å². The Morgan fingerprint density at radius 2 is 1.92 bits per heavy atom. The summed E-state index contributed by atoms with van der Waals surface area (Å²) in [5.74, 6) is 0. The molecule has 0 rings (SSSR count). The monoisotopic (exact) mass is 174 g/mol. The van der Waals surface area contributed by atoms with Crippen LogP contribution in [0.2, 0.25) is 0 Å². The lowest BCUT2D eigenvalue weighted by atomic mass is 10.1. The van der Waals surface area contributed by atoms with Gasteiger partial charge in [0.1, 0.15) is 0 Å². The first-order chi connectivity index (χ1) is 5.66. The van der Waals surface area contributed by atoms with Crippen molar-refractivity contribution in [3.63, 3.8) is 0 Å². The molecular weight excluding hydrogens is 158 g/mol. The van der Waals surface area contributed by atoms with E-state index >= 15 is 0 Å².